The van der Waals surface area contributed by atoms with Gasteiger partial charge in [-0.3, -0.25) is 0 Å². The Balaban J connectivity index is 2.24. The first-order valence-corrected chi connectivity index (χ1v) is 7.12. The van der Waals surface area contributed by atoms with Crippen LogP contribution in [-0.2, 0) is 4.74 Å². The SMILES string of the molecule is COc1ccc(C(=S)N2C[C@@H](C)O[C@@H](C)C2)c(OC)c1. The molecule has 110 valence electrons. The van der Waals surface area contributed by atoms with E-state index in [9.17, 15) is 0 Å². The summed E-state index contributed by atoms with van der Waals surface area (Å²) in [6.07, 6.45) is 0.363. The molecule has 0 spiro atoms. The Bertz CT molecular complexity index is 482. The van der Waals surface area contributed by atoms with Crippen LogP contribution < -0.4 is 9.47 Å². The molecule has 1 aromatic rings. The molecular weight excluding hydrogens is 274 g/mol. The monoisotopic (exact) mass is 295 g/mol. The first-order valence-electron chi connectivity index (χ1n) is 6.72. The maximum Gasteiger partial charge on any atom is 0.132 e. The van der Waals surface area contributed by atoms with E-state index in [-0.39, 0.29) is 12.2 Å². The first-order chi connectivity index (χ1) is 9.55. The number of hydrogen-bond donors (Lipinski definition) is 0. The molecule has 20 heavy (non-hydrogen) atoms. The van der Waals surface area contributed by atoms with Crippen molar-refractivity contribution in [3.8, 4) is 11.5 Å². The first kappa shape index (κ1) is 15.1. The summed E-state index contributed by atoms with van der Waals surface area (Å²) in [6, 6.07) is 5.71. The molecule has 0 bridgehead atoms. The van der Waals surface area contributed by atoms with Crippen LogP contribution in [0.25, 0.3) is 0 Å². The molecule has 0 amide bonds. The molecule has 0 unspecified atom stereocenters. The second-order valence-electron chi connectivity index (χ2n) is 5.03. The number of ether oxygens (including phenoxy) is 3. The fraction of sp³-hybridized carbons (Fsp3) is 0.533. The number of thiocarbonyl (C=S) groups is 1. The Morgan fingerprint density at radius 2 is 1.85 bits per heavy atom. The lowest BCUT2D eigenvalue weighted by atomic mass is 10.1. The van der Waals surface area contributed by atoms with Crippen molar-refractivity contribution >= 4 is 17.2 Å². The molecule has 0 saturated carbocycles. The maximum absolute atomic E-state index is 5.74. The summed E-state index contributed by atoms with van der Waals surface area (Å²) >= 11 is 5.63. The lowest BCUT2D eigenvalue weighted by Crippen LogP contribution is -2.47. The van der Waals surface area contributed by atoms with Crippen molar-refractivity contribution in [2.24, 2.45) is 0 Å². The van der Waals surface area contributed by atoms with E-state index in [1.165, 1.54) is 0 Å². The van der Waals surface area contributed by atoms with Gasteiger partial charge in [0.25, 0.3) is 0 Å². The van der Waals surface area contributed by atoms with Gasteiger partial charge in [0.05, 0.1) is 32.0 Å². The minimum absolute atomic E-state index is 0.181. The number of rotatable bonds is 3. The smallest absolute Gasteiger partial charge is 0.132 e. The van der Waals surface area contributed by atoms with E-state index >= 15 is 0 Å². The highest BCUT2D eigenvalue weighted by atomic mass is 32.1. The van der Waals surface area contributed by atoms with Gasteiger partial charge >= 0.3 is 0 Å². The number of nitrogens with zero attached hydrogens (tertiary/aromatic N) is 1. The molecule has 2 atom stereocenters. The van der Waals surface area contributed by atoms with Crippen molar-refractivity contribution < 1.29 is 14.2 Å². The molecule has 0 N–H and O–H groups in total. The van der Waals surface area contributed by atoms with Crippen LogP contribution in [-0.4, -0.2) is 49.4 Å². The summed E-state index contributed by atoms with van der Waals surface area (Å²) in [5.74, 6) is 1.50. The highest BCUT2D eigenvalue weighted by Crippen LogP contribution is 2.27. The third-order valence-corrected chi connectivity index (χ3v) is 3.82. The predicted molar refractivity (Wildman–Crippen MR) is 82.8 cm³/mol. The quantitative estimate of drug-likeness (QED) is 0.800. The Morgan fingerprint density at radius 1 is 1.20 bits per heavy atom. The summed E-state index contributed by atoms with van der Waals surface area (Å²) in [7, 11) is 3.28. The van der Waals surface area contributed by atoms with Gasteiger partial charge in [0, 0.05) is 19.2 Å². The molecule has 1 aliphatic rings. The Labute approximate surface area is 125 Å². The van der Waals surface area contributed by atoms with Crippen LogP contribution >= 0.6 is 12.2 Å². The zero-order valence-corrected chi connectivity index (χ0v) is 13.2. The summed E-state index contributed by atoms with van der Waals surface area (Å²) < 4.78 is 16.4. The van der Waals surface area contributed by atoms with Crippen molar-refractivity contribution in [1.29, 1.82) is 0 Å². The molecular formula is C15H21NO3S. The van der Waals surface area contributed by atoms with Crippen LogP contribution in [0.1, 0.15) is 19.4 Å². The molecule has 1 aromatic carbocycles. The van der Waals surface area contributed by atoms with Gasteiger partial charge in [0.2, 0.25) is 0 Å². The lowest BCUT2D eigenvalue weighted by molar-refractivity contribution is -0.0472. The van der Waals surface area contributed by atoms with Crippen LogP contribution in [0.3, 0.4) is 0 Å². The second kappa shape index (κ2) is 6.41. The van der Waals surface area contributed by atoms with Crippen molar-refractivity contribution in [2.45, 2.75) is 26.1 Å². The zero-order valence-electron chi connectivity index (χ0n) is 12.4. The Morgan fingerprint density at radius 3 is 2.40 bits per heavy atom. The highest BCUT2D eigenvalue weighted by molar-refractivity contribution is 7.80. The van der Waals surface area contributed by atoms with Crippen LogP contribution in [0.5, 0.6) is 11.5 Å². The Hall–Kier alpha value is -1.33. The van der Waals surface area contributed by atoms with E-state index < -0.39 is 0 Å². The average molecular weight is 295 g/mol. The largest absolute Gasteiger partial charge is 0.497 e. The van der Waals surface area contributed by atoms with Crippen molar-refractivity contribution in [3.63, 3.8) is 0 Å². The fourth-order valence-electron chi connectivity index (χ4n) is 2.49. The lowest BCUT2D eigenvalue weighted by Gasteiger charge is -2.37. The van der Waals surface area contributed by atoms with Gasteiger partial charge in [0.15, 0.2) is 0 Å². The van der Waals surface area contributed by atoms with Crippen LogP contribution in [0.15, 0.2) is 18.2 Å². The summed E-state index contributed by atoms with van der Waals surface area (Å²) in [4.78, 5) is 2.98. The van der Waals surface area contributed by atoms with Gasteiger partial charge in [-0.15, -0.1) is 0 Å². The van der Waals surface area contributed by atoms with Gasteiger partial charge in [-0.25, -0.2) is 0 Å². The number of hydrogen-bond acceptors (Lipinski definition) is 4. The van der Waals surface area contributed by atoms with Gasteiger partial charge in [-0.2, -0.15) is 0 Å². The molecule has 2 rings (SSSR count). The summed E-state index contributed by atoms with van der Waals surface area (Å²) in [5, 5.41) is 0. The predicted octanol–water partition coefficient (Wildman–Crippen LogP) is 2.49. The summed E-state index contributed by atoms with van der Waals surface area (Å²) in [6.45, 7) is 5.74. The highest BCUT2D eigenvalue weighted by Gasteiger charge is 2.25. The van der Waals surface area contributed by atoms with Crippen molar-refractivity contribution in [1.82, 2.24) is 4.90 Å². The second-order valence-corrected chi connectivity index (χ2v) is 5.42. The van der Waals surface area contributed by atoms with Gasteiger partial charge in [-0.1, -0.05) is 12.2 Å². The standard InChI is InChI=1S/C15H21NO3S/c1-10-8-16(9-11(2)19-10)15(20)13-6-5-12(17-3)7-14(13)18-4/h5-7,10-11H,8-9H2,1-4H3/t10-,11+. The fourth-order valence-corrected chi connectivity index (χ4v) is 2.81. The number of benzene rings is 1. The van der Waals surface area contributed by atoms with Gasteiger partial charge in [-0.05, 0) is 26.0 Å². The number of morpholine rings is 1. The molecule has 5 heteroatoms. The third-order valence-electron chi connectivity index (χ3n) is 3.35. The topological polar surface area (TPSA) is 30.9 Å². The molecule has 0 aliphatic carbocycles. The van der Waals surface area contributed by atoms with Crippen molar-refractivity contribution in [2.75, 3.05) is 27.3 Å². The van der Waals surface area contributed by atoms with Crippen LogP contribution in [0.4, 0.5) is 0 Å². The van der Waals surface area contributed by atoms with E-state index in [4.69, 9.17) is 26.4 Å². The third kappa shape index (κ3) is 3.22. The molecule has 1 fully saturated rings. The molecule has 0 radical (unpaired) electrons. The maximum atomic E-state index is 5.74. The van der Waals surface area contributed by atoms with E-state index in [0.29, 0.717) is 0 Å². The minimum atomic E-state index is 0.181. The van der Waals surface area contributed by atoms with Gasteiger partial charge < -0.3 is 19.1 Å². The molecule has 4 nitrogen and oxygen atoms in total. The molecule has 1 aliphatic heterocycles. The molecule has 1 heterocycles. The van der Waals surface area contributed by atoms with Crippen LogP contribution in [0, 0.1) is 0 Å². The molecule has 1 saturated heterocycles. The van der Waals surface area contributed by atoms with Crippen molar-refractivity contribution in [3.05, 3.63) is 23.8 Å². The summed E-state index contributed by atoms with van der Waals surface area (Å²) in [5.41, 5.74) is 0.921. The van der Waals surface area contributed by atoms with E-state index in [0.717, 1.165) is 35.1 Å². The normalized spacial score (nSPS) is 22.5. The molecule has 0 aromatic heterocycles. The Kier molecular flexibility index (Phi) is 4.83. The van der Waals surface area contributed by atoms with Gasteiger partial charge in [0.1, 0.15) is 16.5 Å². The number of methoxy groups -OCH3 is 2. The van der Waals surface area contributed by atoms with Crippen LogP contribution in [0.2, 0.25) is 0 Å². The van der Waals surface area contributed by atoms with E-state index in [1.54, 1.807) is 14.2 Å². The average Bonchev–Trinajstić information content (AvgIpc) is 2.44. The zero-order chi connectivity index (χ0) is 14.7. The minimum Gasteiger partial charge on any atom is -0.497 e. The van der Waals surface area contributed by atoms with E-state index in [1.807, 2.05) is 18.2 Å². The van der Waals surface area contributed by atoms with E-state index in [2.05, 4.69) is 18.7 Å².